The second kappa shape index (κ2) is 7.53. The highest BCUT2D eigenvalue weighted by Crippen LogP contribution is 2.14. The topological polar surface area (TPSA) is 84.1 Å². The fraction of sp³-hybridized carbons (Fsp3) is 0.312. The van der Waals surface area contributed by atoms with Crippen molar-refractivity contribution in [2.24, 2.45) is 5.92 Å². The van der Waals surface area contributed by atoms with E-state index in [1.807, 2.05) is 0 Å². The molecule has 0 aliphatic rings. The molecule has 2 N–H and O–H groups in total. The maximum atomic E-state index is 13.6. The Balaban J connectivity index is 1.96. The van der Waals surface area contributed by atoms with Gasteiger partial charge in [-0.2, -0.15) is 0 Å². The second-order valence-corrected chi connectivity index (χ2v) is 5.05. The number of ether oxygens (including phenoxy) is 1. The van der Waals surface area contributed by atoms with Crippen LogP contribution >= 0.6 is 0 Å². The third-order valence-electron chi connectivity index (χ3n) is 3.23. The van der Waals surface area contributed by atoms with E-state index in [0.717, 1.165) is 0 Å². The number of aromatic nitrogens is 2. The van der Waals surface area contributed by atoms with E-state index in [1.165, 1.54) is 12.3 Å². The van der Waals surface area contributed by atoms with Crippen molar-refractivity contribution in [2.75, 3.05) is 11.9 Å². The Hall–Kier alpha value is -2.70. The zero-order chi connectivity index (χ0) is 16.8. The van der Waals surface area contributed by atoms with Gasteiger partial charge in [0.2, 0.25) is 11.7 Å². The van der Waals surface area contributed by atoms with Gasteiger partial charge in [0.25, 0.3) is 0 Å². The normalized spacial score (nSPS) is 11.8. The summed E-state index contributed by atoms with van der Waals surface area (Å²) >= 11 is 0. The minimum atomic E-state index is -0.590. The van der Waals surface area contributed by atoms with Crippen LogP contribution < -0.4 is 5.32 Å². The van der Waals surface area contributed by atoms with Gasteiger partial charge in [-0.3, -0.25) is 4.79 Å². The summed E-state index contributed by atoms with van der Waals surface area (Å²) in [5.41, 5.74) is 0.479. The minimum absolute atomic E-state index is 0.0175. The molecule has 0 saturated heterocycles. The number of rotatable bonds is 6. The fourth-order valence-electron chi connectivity index (χ4n) is 2.03. The number of H-pyrrole nitrogens is 1. The molecule has 1 aromatic carbocycles. The first-order valence-corrected chi connectivity index (χ1v) is 7.27. The number of nitrogens with zero attached hydrogens (tertiary/aromatic N) is 1. The molecule has 0 aliphatic heterocycles. The van der Waals surface area contributed by atoms with Crippen molar-refractivity contribution in [3.05, 3.63) is 47.7 Å². The van der Waals surface area contributed by atoms with Crippen LogP contribution in [-0.2, 0) is 16.0 Å². The number of carbonyl (C=O) groups is 2. The second-order valence-electron chi connectivity index (χ2n) is 5.05. The van der Waals surface area contributed by atoms with Gasteiger partial charge >= 0.3 is 5.97 Å². The van der Waals surface area contributed by atoms with Gasteiger partial charge < -0.3 is 15.0 Å². The molecule has 0 saturated carbocycles. The molecule has 0 unspecified atom stereocenters. The number of esters is 1. The number of nitrogens with one attached hydrogen (secondary N) is 2. The highest BCUT2D eigenvalue weighted by molar-refractivity contribution is 5.92. The molecule has 7 heteroatoms. The van der Waals surface area contributed by atoms with Crippen molar-refractivity contribution in [3.63, 3.8) is 0 Å². The number of carbonyl (C=O) groups excluding carboxylic acids is 2. The summed E-state index contributed by atoms with van der Waals surface area (Å²) in [5.74, 6) is -1.36. The van der Waals surface area contributed by atoms with Crippen LogP contribution in [0.2, 0.25) is 0 Å². The number of hydrogen-bond acceptors (Lipinski definition) is 4. The van der Waals surface area contributed by atoms with Gasteiger partial charge in [-0.05, 0) is 25.0 Å². The molecule has 0 aliphatic carbocycles. The van der Waals surface area contributed by atoms with E-state index in [-0.39, 0.29) is 30.6 Å². The van der Waals surface area contributed by atoms with E-state index in [1.54, 1.807) is 32.0 Å². The average molecular weight is 319 g/mol. The summed E-state index contributed by atoms with van der Waals surface area (Å²) < 4.78 is 18.4. The van der Waals surface area contributed by atoms with Crippen LogP contribution in [0.4, 0.5) is 10.2 Å². The Kier molecular flexibility index (Phi) is 5.46. The maximum Gasteiger partial charge on any atom is 0.374 e. The monoisotopic (exact) mass is 319 g/mol. The van der Waals surface area contributed by atoms with Gasteiger partial charge in [-0.15, -0.1) is 0 Å². The molecule has 1 amide bonds. The average Bonchev–Trinajstić information content (AvgIpc) is 2.98. The maximum absolute atomic E-state index is 13.6. The molecule has 1 atom stereocenters. The molecular weight excluding hydrogens is 301 g/mol. The summed E-state index contributed by atoms with van der Waals surface area (Å²) in [6.07, 6.45) is 1.61. The Morgan fingerprint density at radius 2 is 2.13 bits per heavy atom. The molecule has 2 aromatic rings. The van der Waals surface area contributed by atoms with Gasteiger partial charge in [0.15, 0.2) is 0 Å². The Bertz CT molecular complexity index is 699. The van der Waals surface area contributed by atoms with Gasteiger partial charge in [-0.1, -0.05) is 25.1 Å². The Morgan fingerprint density at radius 3 is 2.83 bits per heavy atom. The number of anilines is 1. The summed E-state index contributed by atoms with van der Waals surface area (Å²) in [6.45, 7) is 3.62. The number of amides is 1. The lowest BCUT2D eigenvalue weighted by Crippen LogP contribution is -2.22. The zero-order valence-corrected chi connectivity index (χ0v) is 12.9. The van der Waals surface area contributed by atoms with Gasteiger partial charge in [-0.25, -0.2) is 14.2 Å². The van der Waals surface area contributed by atoms with E-state index < -0.39 is 11.9 Å². The number of hydrogen-bond donors (Lipinski definition) is 2. The Morgan fingerprint density at radius 1 is 1.39 bits per heavy atom. The number of imidazole rings is 1. The Labute approximate surface area is 133 Å². The SMILES string of the molecule is CCOC(=O)c1ncc(NC(=O)[C@@H](C)Cc2ccccc2F)[nH]1. The number of aromatic amines is 1. The molecule has 0 radical (unpaired) electrons. The third-order valence-corrected chi connectivity index (χ3v) is 3.23. The van der Waals surface area contributed by atoms with Gasteiger partial charge in [0.1, 0.15) is 11.6 Å². The van der Waals surface area contributed by atoms with Crippen LogP contribution in [0.15, 0.2) is 30.5 Å². The highest BCUT2D eigenvalue weighted by Gasteiger charge is 2.17. The molecule has 1 heterocycles. The smallest absolute Gasteiger partial charge is 0.374 e. The standard InChI is InChI=1S/C16H18FN3O3/c1-3-23-16(22)14-18-9-13(19-14)20-15(21)10(2)8-11-6-4-5-7-12(11)17/h4-7,9-10H,3,8H2,1-2H3,(H,18,19)(H,20,21)/t10-/m0/s1. The quantitative estimate of drug-likeness (QED) is 0.801. The molecule has 0 bridgehead atoms. The first-order valence-electron chi connectivity index (χ1n) is 7.27. The first-order chi connectivity index (χ1) is 11.0. The molecule has 2 rings (SSSR count). The van der Waals surface area contributed by atoms with E-state index in [4.69, 9.17) is 4.74 Å². The van der Waals surface area contributed by atoms with E-state index in [9.17, 15) is 14.0 Å². The van der Waals surface area contributed by atoms with Crippen molar-refractivity contribution in [1.82, 2.24) is 9.97 Å². The van der Waals surface area contributed by atoms with Crippen LogP contribution in [-0.4, -0.2) is 28.5 Å². The van der Waals surface area contributed by atoms with Crippen LogP contribution in [0.3, 0.4) is 0 Å². The first kappa shape index (κ1) is 16.7. The van der Waals surface area contributed by atoms with Crippen LogP contribution in [0.5, 0.6) is 0 Å². The van der Waals surface area contributed by atoms with Crippen molar-refractivity contribution in [3.8, 4) is 0 Å². The van der Waals surface area contributed by atoms with Crippen molar-refractivity contribution in [1.29, 1.82) is 0 Å². The van der Waals surface area contributed by atoms with Crippen molar-refractivity contribution < 1.29 is 18.7 Å². The van der Waals surface area contributed by atoms with Crippen molar-refractivity contribution in [2.45, 2.75) is 20.3 Å². The molecule has 0 fully saturated rings. The zero-order valence-electron chi connectivity index (χ0n) is 12.9. The summed E-state index contributed by atoms with van der Waals surface area (Å²) in [5, 5.41) is 2.61. The van der Waals surface area contributed by atoms with Gasteiger partial charge in [0, 0.05) is 5.92 Å². The largest absolute Gasteiger partial charge is 0.460 e. The number of halogens is 1. The van der Waals surface area contributed by atoms with Crippen molar-refractivity contribution >= 4 is 17.7 Å². The molecule has 6 nitrogen and oxygen atoms in total. The van der Waals surface area contributed by atoms with E-state index >= 15 is 0 Å². The fourth-order valence-corrected chi connectivity index (χ4v) is 2.03. The van der Waals surface area contributed by atoms with E-state index in [0.29, 0.717) is 11.4 Å². The summed E-state index contributed by atoms with van der Waals surface area (Å²) in [7, 11) is 0. The molecule has 1 aromatic heterocycles. The molecule has 122 valence electrons. The van der Waals surface area contributed by atoms with Crippen LogP contribution in [0.1, 0.15) is 30.0 Å². The van der Waals surface area contributed by atoms with Gasteiger partial charge in [0.05, 0.1) is 12.8 Å². The lowest BCUT2D eigenvalue weighted by molar-refractivity contribution is -0.119. The molecular formula is C16H18FN3O3. The minimum Gasteiger partial charge on any atom is -0.460 e. The van der Waals surface area contributed by atoms with Crippen LogP contribution in [0.25, 0.3) is 0 Å². The highest BCUT2D eigenvalue weighted by atomic mass is 19.1. The third kappa shape index (κ3) is 4.38. The lowest BCUT2D eigenvalue weighted by Gasteiger charge is -2.11. The summed E-state index contributed by atoms with van der Waals surface area (Å²) in [6, 6.07) is 6.34. The predicted molar refractivity (Wildman–Crippen MR) is 82.4 cm³/mol. The molecule has 23 heavy (non-hydrogen) atoms. The summed E-state index contributed by atoms with van der Waals surface area (Å²) in [4.78, 5) is 30.1. The molecule has 0 spiro atoms. The number of benzene rings is 1. The predicted octanol–water partition coefficient (Wildman–Crippen LogP) is 2.54. The lowest BCUT2D eigenvalue weighted by atomic mass is 10.00. The van der Waals surface area contributed by atoms with Crippen LogP contribution in [0, 0.1) is 11.7 Å². The van der Waals surface area contributed by atoms with E-state index in [2.05, 4.69) is 15.3 Å².